The second-order valence-electron chi connectivity index (χ2n) is 3.77. The molecule has 3 N–H and O–H groups in total. The quantitative estimate of drug-likeness (QED) is 0.720. The summed E-state index contributed by atoms with van der Waals surface area (Å²) in [7, 11) is 0. The van der Waals surface area contributed by atoms with Crippen LogP contribution in [0.25, 0.3) is 6.08 Å². The lowest BCUT2D eigenvalue weighted by Gasteiger charge is -2.04. The second kappa shape index (κ2) is 8.16. The Morgan fingerprint density at radius 1 is 1.26 bits per heavy atom. The summed E-state index contributed by atoms with van der Waals surface area (Å²) in [5.74, 6) is -0.122. The van der Waals surface area contributed by atoms with Crippen LogP contribution in [0.15, 0.2) is 30.5 Å². The van der Waals surface area contributed by atoms with E-state index in [9.17, 15) is 9.59 Å². The largest absolute Gasteiger partial charge is 0.355 e. The molecule has 102 valence electrons. The Morgan fingerprint density at radius 3 is 2.68 bits per heavy atom. The number of rotatable bonds is 5. The van der Waals surface area contributed by atoms with E-state index in [0.717, 1.165) is 5.56 Å². The van der Waals surface area contributed by atoms with E-state index in [1.165, 1.54) is 13.1 Å². The van der Waals surface area contributed by atoms with Gasteiger partial charge in [-0.25, -0.2) is 4.79 Å². The lowest BCUT2D eigenvalue weighted by atomic mass is 10.2. The van der Waals surface area contributed by atoms with E-state index in [4.69, 9.17) is 11.6 Å². The van der Waals surface area contributed by atoms with E-state index in [-0.39, 0.29) is 11.9 Å². The zero-order valence-electron chi connectivity index (χ0n) is 10.6. The molecule has 1 aromatic carbocycles. The molecule has 0 radical (unpaired) electrons. The fourth-order valence-electron chi connectivity index (χ4n) is 1.29. The molecule has 1 rings (SSSR count). The lowest BCUT2D eigenvalue weighted by molar-refractivity contribution is -0.118. The van der Waals surface area contributed by atoms with Crippen molar-refractivity contribution in [3.8, 4) is 0 Å². The average Bonchev–Trinajstić information content (AvgIpc) is 2.34. The molecule has 3 amide bonds. The molecule has 5 nitrogen and oxygen atoms in total. The monoisotopic (exact) mass is 281 g/mol. The van der Waals surface area contributed by atoms with Crippen molar-refractivity contribution >= 4 is 29.6 Å². The fraction of sp³-hybridized carbons (Fsp3) is 0.231. The summed E-state index contributed by atoms with van der Waals surface area (Å²) in [4.78, 5) is 21.9. The van der Waals surface area contributed by atoms with Gasteiger partial charge in [0.15, 0.2) is 0 Å². The molecule has 0 atom stereocenters. The van der Waals surface area contributed by atoms with Gasteiger partial charge in [-0.1, -0.05) is 23.7 Å². The van der Waals surface area contributed by atoms with Gasteiger partial charge in [0.25, 0.3) is 0 Å². The summed E-state index contributed by atoms with van der Waals surface area (Å²) in [5.41, 5.74) is 0.894. The van der Waals surface area contributed by atoms with Gasteiger partial charge in [0.1, 0.15) is 0 Å². The van der Waals surface area contributed by atoms with Crippen LogP contribution < -0.4 is 16.0 Å². The molecule has 0 aliphatic carbocycles. The minimum absolute atomic E-state index is 0.122. The van der Waals surface area contributed by atoms with Crippen LogP contribution in [0.1, 0.15) is 12.5 Å². The molecule has 0 aliphatic rings. The Morgan fingerprint density at radius 2 is 2.00 bits per heavy atom. The fourth-order valence-corrected chi connectivity index (χ4v) is 1.49. The van der Waals surface area contributed by atoms with Gasteiger partial charge < -0.3 is 16.0 Å². The van der Waals surface area contributed by atoms with Crippen molar-refractivity contribution in [2.45, 2.75) is 6.92 Å². The summed E-state index contributed by atoms with van der Waals surface area (Å²) in [6.45, 7) is 2.20. The highest BCUT2D eigenvalue weighted by Crippen LogP contribution is 2.11. The molecule has 0 aromatic heterocycles. The number of carbonyl (C=O) groups excluding carboxylic acids is 2. The average molecular weight is 282 g/mol. The first kappa shape index (κ1) is 15.0. The summed E-state index contributed by atoms with van der Waals surface area (Å²) in [6, 6.07) is 6.94. The summed E-state index contributed by atoms with van der Waals surface area (Å²) >= 11 is 5.83. The number of halogens is 1. The molecular formula is C13H16ClN3O2. The maximum Gasteiger partial charge on any atom is 0.318 e. The molecule has 0 unspecified atom stereocenters. The third kappa shape index (κ3) is 7.10. The second-order valence-corrected chi connectivity index (χ2v) is 4.21. The number of benzene rings is 1. The Hall–Kier alpha value is -2.01. The zero-order valence-corrected chi connectivity index (χ0v) is 11.3. The van der Waals surface area contributed by atoms with Gasteiger partial charge in [-0.05, 0) is 23.8 Å². The van der Waals surface area contributed by atoms with Crippen LogP contribution >= 0.6 is 11.6 Å². The van der Waals surface area contributed by atoms with Gasteiger partial charge in [0.2, 0.25) is 5.91 Å². The maximum atomic E-state index is 11.3. The van der Waals surface area contributed by atoms with Crippen LogP contribution in [-0.2, 0) is 4.79 Å². The van der Waals surface area contributed by atoms with Crippen molar-refractivity contribution in [1.29, 1.82) is 0 Å². The Balaban J connectivity index is 2.24. The van der Waals surface area contributed by atoms with Gasteiger partial charge in [0.05, 0.1) is 0 Å². The van der Waals surface area contributed by atoms with Gasteiger partial charge in [0, 0.05) is 31.2 Å². The molecule has 0 spiro atoms. The molecule has 6 heteroatoms. The molecule has 0 fully saturated rings. The highest BCUT2D eigenvalue weighted by molar-refractivity contribution is 6.30. The smallest absolute Gasteiger partial charge is 0.318 e. The molecule has 19 heavy (non-hydrogen) atoms. The molecule has 1 aromatic rings. The van der Waals surface area contributed by atoms with Gasteiger partial charge in [-0.3, -0.25) is 4.79 Å². The highest BCUT2D eigenvalue weighted by Gasteiger charge is 1.96. The van der Waals surface area contributed by atoms with Crippen LogP contribution in [0.2, 0.25) is 5.02 Å². The number of urea groups is 1. The summed E-state index contributed by atoms with van der Waals surface area (Å²) < 4.78 is 0. The molecular weight excluding hydrogens is 266 g/mol. The molecule has 0 saturated carbocycles. The van der Waals surface area contributed by atoms with Crippen molar-refractivity contribution in [2.75, 3.05) is 13.1 Å². The van der Waals surface area contributed by atoms with Crippen LogP contribution in [0.3, 0.4) is 0 Å². The number of hydrogen-bond donors (Lipinski definition) is 3. The summed E-state index contributed by atoms with van der Waals surface area (Å²) in [5, 5.41) is 8.36. The minimum Gasteiger partial charge on any atom is -0.355 e. The van der Waals surface area contributed by atoms with Crippen molar-refractivity contribution in [1.82, 2.24) is 16.0 Å². The first-order valence-corrected chi connectivity index (χ1v) is 6.16. The Labute approximate surface area is 117 Å². The maximum absolute atomic E-state index is 11.3. The number of hydrogen-bond acceptors (Lipinski definition) is 2. The van der Waals surface area contributed by atoms with Crippen LogP contribution in [0.5, 0.6) is 0 Å². The Kier molecular flexibility index (Phi) is 6.46. The van der Waals surface area contributed by atoms with Crippen LogP contribution in [-0.4, -0.2) is 25.0 Å². The van der Waals surface area contributed by atoms with E-state index >= 15 is 0 Å². The third-order valence-electron chi connectivity index (χ3n) is 2.12. The topological polar surface area (TPSA) is 70.2 Å². The highest BCUT2D eigenvalue weighted by atomic mass is 35.5. The number of amides is 3. The molecule has 0 aliphatic heterocycles. The molecule has 0 heterocycles. The van der Waals surface area contributed by atoms with E-state index in [0.29, 0.717) is 18.1 Å². The van der Waals surface area contributed by atoms with Gasteiger partial charge in [-0.2, -0.15) is 0 Å². The van der Waals surface area contributed by atoms with Crippen LogP contribution in [0, 0.1) is 0 Å². The normalized spacial score (nSPS) is 10.2. The van der Waals surface area contributed by atoms with Crippen molar-refractivity contribution < 1.29 is 9.59 Å². The van der Waals surface area contributed by atoms with E-state index in [1.54, 1.807) is 18.2 Å². The Bertz CT molecular complexity index is 475. The predicted molar refractivity (Wildman–Crippen MR) is 75.7 cm³/mol. The number of carbonyl (C=O) groups is 2. The first-order chi connectivity index (χ1) is 9.08. The molecule has 0 bridgehead atoms. The van der Waals surface area contributed by atoms with Crippen molar-refractivity contribution in [3.05, 3.63) is 41.1 Å². The van der Waals surface area contributed by atoms with Crippen molar-refractivity contribution in [2.24, 2.45) is 0 Å². The van der Waals surface area contributed by atoms with E-state index < -0.39 is 0 Å². The zero-order chi connectivity index (χ0) is 14.1. The van der Waals surface area contributed by atoms with Crippen molar-refractivity contribution in [3.63, 3.8) is 0 Å². The first-order valence-electron chi connectivity index (χ1n) is 5.79. The minimum atomic E-state index is -0.330. The van der Waals surface area contributed by atoms with Gasteiger partial charge >= 0.3 is 6.03 Å². The predicted octanol–water partition coefficient (Wildman–Crippen LogP) is 1.75. The van der Waals surface area contributed by atoms with E-state index in [1.807, 2.05) is 12.1 Å². The number of nitrogens with one attached hydrogen (secondary N) is 3. The lowest BCUT2D eigenvalue weighted by Crippen LogP contribution is -2.37. The van der Waals surface area contributed by atoms with Gasteiger partial charge in [-0.15, -0.1) is 0 Å². The molecule has 0 saturated heterocycles. The SMILES string of the molecule is CC(=O)NCCNC(=O)N/C=C/c1cccc(Cl)c1. The van der Waals surface area contributed by atoms with E-state index in [2.05, 4.69) is 16.0 Å². The summed E-state index contributed by atoms with van der Waals surface area (Å²) in [6.07, 6.45) is 3.26. The standard InChI is InChI=1S/C13H16ClN3O2/c1-10(18)15-7-8-17-13(19)16-6-5-11-3-2-4-12(14)9-11/h2-6,9H,7-8H2,1H3,(H,15,18)(H2,16,17,19)/b6-5+. The van der Waals surface area contributed by atoms with Crippen LogP contribution in [0.4, 0.5) is 4.79 Å². The third-order valence-corrected chi connectivity index (χ3v) is 2.36.